The molecule has 2 aromatic rings. The fraction of sp³-hybridized carbons (Fsp3) is 0.389. The molecular formula is C18H22N4O3. The number of methoxy groups -OCH3 is 1. The van der Waals surface area contributed by atoms with Gasteiger partial charge in [0, 0.05) is 30.8 Å². The molecule has 1 aliphatic rings. The lowest BCUT2D eigenvalue weighted by atomic mass is 10.1. The van der Waals surface area contributed by atoms with Gasteiger partial charge >= 0.3 is 5.97 Å². The maximum absolute atomic E-state index is 12.6. The van der Waals surface area contributed by atoms with Gasteiger partial charge in [-0.05, 0) is 12.5 Å². The molecule has 0 fully saturated rings. The summed E-state index contributed by atoms with van der Waals surface area (Å²) in [4.78, 5) is 24.1. The molecule has 7 nitrogen and oxygen atoms in total. The highest BCUT2D eigenvalue weighted by Crippen LogP contribution is 2.20. The molecule has 0 radical (unpaired) electrons. The highest BCUT2D eigenvalue weighted by molar-refractivity contribution is 5.96. The van der Waals surface area contributed by atoms with Crippen LogP contribution in [-0.4, -0.2) is 41.4 Å². The number of carbonyl (C=O) groups excluding carboxylic acids is 2. The standard InChI is InChI=1S/C18H22N4O3/c1-12(18(24)25-2)20-17(23)16-14-10-19-9-8-15(14)22(21-16)11-13-6-4-3-5-7-13/h3-7,12,19H,8-11H2,1-2H3,(H,20,23). The molecule has 3 rings (SSSR count). The zero-order valence-corrected chi connectivity index (χ0v) is 14.4. The topological polar surface area (TPSA) is 85.2 Å². The Balaban J connectivity index is 1.87. The molecule has 132 valence electrons. The Morgan fingerprint density at radius 2 is 2.12 bits per heavy atom. The number of amides is 1. The second-order valence-electron chi connectivity index (χ2n) is 6.06. The predicted molar refractivity (Wildman–Crippen MR) is 92.1 cm³/mol. The normalized spacial score (nSPS) is 14.5. The summed E-state index contributed by atoms with van der Waals surface area (Å²) in [6, 6.07) is 9.29. The molecule has 1 atom stereocenters. The van der Waals surface area contributed by atoms with Crippen LogP contribution in [0.1, 0.15) is 34.2 Å². The Hall–Kier alpha value is -2.67. The summed E-state index contributed by atoms with van der Waals surface area (Å²) in [6.45, 7) is 3.66. The van der Waals surface area contributed by atoms with Gasteiger partial charge in [-0.1, -0.05) is 30.3 Å². The highest BCUT2D eigenvalue weighted by atomic mass is 16.5. The van der Waals surface area contributed by atoms with Gasteiger partial charge in [-0.25, -0.2) is 4.79 Å². The average Bonchev–Trinajstić information content (AvgIpc) is 3.00. The Morgan fingerprint density at radius 1 is 1.36 bits per heavy atom. The maximum Gasteiger partial charge on any atom is 0.328 e. The molecule has 0 saturated heterocycles. The van der Waals surface area contributed by atoms with Gasteiger partial charge in [0.1, 0.15) is 6.04 Å². The van der Waals surface area contributed by atoms with Crippen LogP contribution in [0.2, 0.25) is 0 Å². The summed E-state index contributed by atoms with van der Waals surface area (Å²) in [5.74, 6) is -0.839. The van der Waals surface area contributed by atoms with Crippen molar-refractivity contribution >= 4 is 11.9 Å². The lowest BCUT2D eigenvalue weighted by Gasteiger charge is -2.16. The molecule has 1 amide bonds. The Morgan fingerprint density at radius 3 is 2.84 bits per heavy atom. The predicted octanol–water partition coefficient (Wildman–Crippen LogP) is 0.868. The second kappa shape index (κ2) is 7.48. The lowest BCUT2D eigenvalue weighted by molar-refractivity contribution is -0.142. The van der Waals surface area contributed by atoms with E-state index in [0.29, 0.717) is 18.8 Å². The van der Waals surface area contributed by atoms with Gasteiger partial charge in [0.2, 0.25) is 0 Å². The first-order chi connectivity index (χ1) is 12.1. The maximum atomic E-state index is 12.6. The molecule has 1 unspecified atom stereocenters. The van der Waals surface area contributed by atoms with Gasteiger partial charge in [0.05, 0.1) is 13.7 Å². The molecule has 2 N–H and O–H groups in total. The third-order valence-corrected chi connectivity index (χ3v) is 4.30. The molecule has 0 aliphatic carbocycles. The summed E-state index contributed by atoms with van der Waals surface area (Å²) in [5.41, 5.74) is 3.46. The van der Waals surface area contributed by atoms with Crippen LogP contribution in [0.15, 0.2) is 30.3 Å². The largest absolute Gasteiger partial charge is 0.467 e. The second-order valence-corrected chi connectivity index (χ2v) is 6.06. The smallest absolute Gasteiger partial charge is 0.328 e. The number of fused-ring (bicyclic) bond motifs is 1. The number of esters is 1. The molecule has 7 heteroatoms. The first kappa shape index (κ1) is 17.2. The van der Waals surface area contributed by atoms with E-state index in [-0.39, 0.29) is 5.91 Å². The number of nitrogens with one attached hydrogen (secondary N) is 2. The molecule has 25 heavy (non-hydrogen) atoms. The van der Waals surface area contributed by atoms with E-state index in [1.165, 1.54) is 7.11 Å². The summed E-state index contributed by atoms with van der Waals surface area (Å²) < 4.78 is 6.55. The minimum Gasteiger partial charge on any atom is -0.467 e. The van der Waals surface area contributed by atoms with Crippen LogP contribution in [0.5, 0.6) is 0 Å². The van der Waals surface area contributed by atoms with Crippen LogP contribution < -0.4 is 10.6 Å². The Labute approximate surface area is 146 Å². The van der Waals surface area contributed by atoms with Crippen molar-refractivity contribution in [2.75, 3.05) is 13.7 Å². The van der Waals surface area contributed by atoms with Crippen LogP contribution in [0.3, 0.4) is 0 Å². The quantitative estimate of drug-likeness (QED) is 0.788. The van der Waals surface area contributed by atoms with Gasteiger partial charge < -0.3 is 15.4 Å². The van der Waals surface area contributed by atoms with E-state index in [2.05, 4.69) is 20.5 Å². The molecule has 2 heterocycles. The molecular weight excluding hydrogens is 320 g/mol. The molecule has 0 saturated carbocycles. The van der Waals surface area contributed by atoms with Crippen molar-refractivity contribution < 1.29 is 14.3 Å². The minimum atomic E-state index is -0.719. The zero-order chi connectivity index (χ0) is 17.8. The monoisotopic (exact) mass is 342 g/mol. The summed E-state index contributed by atoms with van der Waals surface area (Å²) in [7, 11) is 1.30. The van der Waals surface area contributed by atoms with Crippen LogP contribution in [-0.2, 0) is 29.0 Å². The van der Waals surface area contributed by atoms with E-state index in [1.807, 2.05) is 35.0 Å². The van der Waals surface area contributed by atoms with Crippen LogP contribution in [0, 0.1) is 0 Å². The van der Waals surface area contributed by atoms with E-state index in [1.54, 1.807) is 6.92 Å². The Bertz CT molecular complexity index is 770. The number of aromatic nitrogens is 2. The molecule has 1 aromatic heterocycles. The van der Waals surface area contributed by atoms with Gasteiger partial charge in [-0.3, -0.25) is 9.48 Å². The third-order valence-electron chi connectivity index (χ3n) is 4.30. The highest BCUT2D eigenvalue weighted by Gasteiger charge is 2.26. The van der Waals surface area contributed by atoms with Gasteiger partial charge in [0.15, 0.2) is 5.69 Å². The average molecular weight is 342 g/mol. The number of carbonyl (C=O) groups is 2. The van der Waals surface area contributed by atoms with E-state index in [4.69, 9.17) is 0 Å². The molecule has 0 bridgehead atoms. The van der Waals surface area contributed by atoms with Crippen molar-refractivity contribution in [1.82, 2.24) is 20.4 Å². The number of hydrogen-bond donors (Lipinski definition) is 2. The molecule has 0 spiro atoms. The number of nitrogens with zero attached hydrogens (tertiary/aromatic N) is 2. The number of ether oxygens (including phenoxy) is 1. The fourth-order valence-corrected chi connectivity index (χ4v) is 2.99. The van der Waals surface area contributed by atoms with Crippen molar-refractivity contribution in [3.63, 3.8) is 0 Å². The van der Waals surface area contributed by atoms with E-state index in [9.17, 15) is 9.59 Å². The summed E-state index contributed by atoms with van der Waals surface area (Å²) >= 11 is 0. The van der Waals surface area contributed by atoms with Gasteiger partial charge in [-0.2, -0.15) is 5.10 Å². The Kier molecular flexibility index (Phi) is 5.14. The van der Waals surface area contributed by atoms with E-state index < -0.39 is 12.0 Å². The van der Waals surface area contributed by atoms with Crippen LogP contribution in [0.25, 0.3) is 0 Å². The zero-order valence-electron chi connectivity index (χ0n) is 14.4. The number of rotatable bonds is 5. The number of benzene rings is 1. The van der Waals surface area contributed by atoms with Crippen molar-refractivity contribution in [1.29, 1.82) is 0 Å². The van der Waals surface area contributed by atoms with Crippen molar-refractivity contribution in [2.24, 2.45) is 0 Å². The van der Waals surface area contributed by atoms with E-state index >= 15 is 0 Å². The van der Waals surface area contributed by atoms with E-state index in [0.717, 1.165) is 29.8 Å². The first-order valence-corrected chi connectivity index (χ1v) is 8.32. The van der Waals surface area contributed by atoms with Gasteiger partial charge in [0.25, 0.3) is 5.91 Å². The van der Waals surface area contributed by atoms with Crippen molar-refractivity contribution in [3.8, 4) is 0 Å². The molecule has 1 aliphatic heterocycles. The molecule has 1 aromatic carbocycles. The van der Waals surface area contributed by atoms with Crippen LogP contribution in [0.4, 0.5) is 0 Å². The van der Waals surface area contributed by atoms with Crippen molar-refractivity contribution in [2.45, 2.75) is 32.5 Å². The fourth-order valence-electron chi connectivity index (χ4n) is 2.99. The summed E-state index contributed by atoms with van der Waals surface area (Å²) in [5, 5.41) is 10.5. The third kappa shape index (κ3) is 3.71. The van der Waals surface area contributed by atoms with Crippen LogP contribution >= 0.6 is 0 Å². The SMILES string of the molecule is COC(=O)C(C)NC(=O)c1nn(Cc2ccccc2)c2c1CNCC2. The minimum absolute atomic E-state index is 0.357. The van der Waals surface area contributed by atoms with Crippen molar-refractivity contribution in [3.05, 3.63) is 52.8 Å². The lowest BCUT2D eigenvalue weighted by Crippen LogP contribution is -2.40. The number of hydrogen-bond acceptors (Lipinski definition) is 5. The first-order valence-electron chi connectivity index (χ1n) is 8.32. The summed E-state index contributed by atoms with van der Waals surface area (Å²) in [6.07, 6.45) is 0.814. The van der Waals surface area contributed by atoms with Gasteiger partial charge in [-0.15, -0.1) is 0 Å².